The highest BCUT2D eigenvalue weighted by molar-refractivity contribution is 5.96. The number of fused-ring (bicyclic) bond motifs is 1. The number of methoxy groups -OCH3 is 1. The minimum absolute atomic E-state index is 0.00166. The molecule has 1 saturated heterocycles. The van der Waals surface area contributed by atoms with Crippen LogP contribution in [0.4, 0.5) is 4.79 Å². The molecule has 5 atom stereocenters. The summed E-state index contributed by atoms with van der Waals surface area (Å²) in [6.45, 7) is 12.7. The largest absolute Gasteiger partial charge is 0.497 e. The van der Waals surface area contributed by atoms with Crippen LogP contribution in [-0.2, 0) is 19.1 Å². The quantitative estimate of drug-likeness (QED) is 0.126. The van der Waals surface area contributed by atoms with Gasteiger partial charge in [-0.2, -0.15) is 0 Å². The number of pyridine rings is 1. The topological polar surface area (TPSA) is 156 Å². The van der Waals surface area contributed by atoms with Gasteiger partial charge in [-0.05, 0) is 58.6 Å². The Labute approximate surface area is 304 Å². The van der Waals surface area contributed by atoms with Gasteiger partial charge < -0.3 is 34.9 Å². The number of ether oxygens (including phenoxy) is 3. The molecular formula is C40H48N4O8. The Morgan fingerprint density at radius 3 is 2.48 bits per heavy atom. The number of carboxylic acids is 1. The summed E-state index contributed by atoms with van der Waals surface area (Å²) in [5.41, 5.74) is -0.154. The standard InChI is InChI=1S/C40H48N4O8/c1-7-9-10-14-17-30(42-38(49)52-39(3,4)5)36(46)44-24-28(21-33(44)35(45)43-40(37(47)48)23-26(40)8-2)51-34-22-31(25-15-12-11-13-16-25)41-32-20-27(50-6)18-19-29(32)34/h7-8,11-13,15-16,18-20,22,26,28,30,33H,1-2,9-10,14,17,21,23-24H2,3-6H3,(H,42,49)(H,43,45)(H,47,48)/t26-,28+,30-,33-,40+/m0/s1. The van der Waals surface area contributed by atoms with Crippen LogP contribution in [0, 0.1) is 5.92 Å². The fourth-order valence-electron chi connectivity index (χ4n) is 6.58. The van der Waals surface area contributed by atoms with Crippen molar-refractivity contribution in [3.05, 3.63) is 79.9 Å². The van der Waals surface area contributed by atoms with Crippen molar-refractivity contribution in [3.63, 3.8) is 0 Å². The number of allylic oxidation sites excluding steroid dienone is 1. The number of rotatable bonds is 15. The molecule has 3 N–H and O–H groups in total. The van der Waals surface area contributed by atoms with Gasteiger partial charge in [-0.3, -0.25) is 9.59 Å². The van der Waals surface area contributed by atoms with Gasteiger partial charge in [-0.25, -0.2) is 14.6 Å². The van der Waals surface area contributed by atoms with E-state index in [-0.39, 0.29) is 25.8 Å². The molecule has 2 heterocycles. The number of nitrogens with zero attached hydrogens (tertiary/aromatic N) is 2. The van der Waals surface area contributed by atoms with Gasteiger partial charge in [0.1, 0.15) is 40.8 Å². The molecule has 5 rings (SSSR count). The Hall–Kier alpha value is -5.39. The van der Waals surface area contributed by atoms with Gasteiger partial charge in [-0.15, -0.1) is 13.2 Å². The Morgan fingerprint density at radius 1 is 1.10 bits per heavy atom. The number of carboxylic acid groups (broad SMARTS) is 1. The monoisotopic (exact) mass is 712 g/mol. The minimum atomic E-state index is -1.50. The molecule has 0 unspecified atom stereocenters. The number of hydrogen-bond acceptors (Lipinski definition) is 8. The van der Waals surface area contributed by atoms with E-state index in [1.54, 1.807) is 40.0 Å². The second kappa shape index (κ2) is 15.9. The SMILES string of the molecule is C=CCCCC[C@H](NC(=O)OC(C)(C)C)C(=O)N1C[C@H](Oc2cc(-c3ccccc3)nc3cc(OC)ccc23)C[C@H]1C(=O)N[C@]1(C(=O)O)C[C@@H]1C=C. The third-order valence-electron chi connectivity index (χ3n) is 9.36. The Kier molecular flexibility index (Phi) is 11.6. The second-order valence-corrected chi connectivity index (χ2v) is 14.3. The molecule has 3 aromatic rings. The van der Waals surface area contributed by atoms with Crippen LogP contribution in [0.5, 0.6) is 11.5 Å². The zero-order chi connectivity index (χ0) is 37.6. The van der Waals surface area contributed by atoms with Gasteiger partial charge in [0.15, 0.2) is 0 Å². The molecule has 2 aliphatic rings. The van der Waals surface area contributed by atoms with Gasteiger partial charge in [0.25, 0.3) is 0 Å². The lowest BCUT2D eigenvalue weighted by Gasteiger charge is -2.30. The normalized spacial score (nSPS) is 21.5. The summed E-state index contributed by atoms with van der Waals surface area (Å²) in [5.74, 6) is -1.63. The maximum absolute atomic E-state index is 14.4. The molecule has 12 nitrogen and oxygen atoms in total. The van der Waals surface area contributed by atoms with Crippen molar-refractivity contribution in [2.75, 3.05) is 13.7 Å². The summed E-state index contributed by atoms with van der Waals surface area (Å²) in [7, 11) is 1.58. The minimum Gasteiger partial charge on any atom is -0.497 e. The van der Waals surface area contributed by atoms with Crippen LogP contribution in [0.2, 0.25) is 0 Å². The van der Waals surface area contributed by atoms with Crippen LogP contribution in [0.1, 0.15) is 59.3 Å². The van der Waals surface area contributed by atoms with Crippen molar-refractivity contribution in [3.8, 4) is 22.8 Å². The maximum atomic E-state index is 14.4. The number of carbonyl (C=O) groups is 4. The van der Waals surface area contributed by atoms with Crippen LogP contribution >= 0.6 is 0 Å². The first-order chi connectivity index (χ1) is 24.8. The number of hydrogen-bond donors (Lipinski definition) is 3. The van der Waals surface area contributed by atoms with E-state index in [0.717, 1.165) is 18.4 Å². The summed E-state index contributed by atoms with van der Waals surface area (Å²) < 4.78 is 17.6. The van der Waals surface area contributed by atoms with Gasteiger partial charge >= 0.3 is 12.1 Å². The number of nitrogens with one attached hydrogen (secondary N) is 2. The predicted molar refractivity (Wildman–Crippen MR) is 197 cm³/mol. The third kappa shape index (κ3) is 8.72. The Balaban J connectivity index is 1.48. The molecule has 1 saturated carbocycles. The molecule has 1 aliphatic heterocycles. The van der Waals surface area contributed by atoms with E-state index >= 15 is 0 Å². The van der Waals surface area contributed by atoms with Gasteiger partial charge in [0, 0.05) is 35.4 Å². The molecule has 1 aromatic heterocycles. The molecule has 1 aliphatic carbocycles. The molecular weight excluding hydrogens is 664 g/mol. The van der Waals surface area contributed by atoms with Crippen LogP contribution in [-0.4, -0.2) is 81.8 Å². The summed E-state index contributed by atoms with van der Waals surface area (Å²) in [6, 6.07) is 14.8. The van der Waals surface area contributed by atoms with Gasteiger partial charge in [0.05, 0.1) is 24.9 Å². The van der Waals surface area contributed by atoms with Gasteiger partial charge in [0.2, 0.25) is 11.8 Å². The van der Waals surface area contributed by atoms with E-state index < -0.39 is 59.1 Å². The number of amides is 3. The molecule has 0 bridgehead atoms. The number of unbranched alkanes of at least 4 members (excludes halogenated alkanes) is 2. The molecule has 0 spiro atoms. The number of likely N-dealkylation sites (tertiary alicyclic amines) is 1. The van der Waals surface area contributed by atoms with Crippen molar-refractivity contribution < 1.29 is 38.5 Å². The van der Waals surface area contributed by atoms with E-state index in [2.05, 4.69) is 23.8 Å². The van der Waals surface area contributed by atoms with Crippen LogP contribution in [0.25, 0.3) is 22.2 Å². The molecule has 0 radical (unpaired) electrons. The number of alkyl carbamates (subject to hydrolysis) is 1. The zero-order valence-electron chi connectivity index (χ0n) is 30.2. The highest BCUT2D eigenvalue weighted by atomic mass is 16.6. The first-order valence-electron chi connectivity index (χ1n) is 17.6. The van der Waals surface area contributed by atoms with E-state index in [1.807, 2.05) is 48.5 Å². The van der Waals surface area contributed by atoms with E-state index in [0.29, 0.717) is 34.5 Å². The lowest BCUT2D eigenvalue weighted by molar-refractivity contribution is -0.145. The average Bonchev–Trinajstić information content (AvgIpc) is 3.68. The molecule has 276 valence electrons. The lowest BCUT2D eigenvalue weighted by Crippen LogP contribution is -2.56. The predicted octanol–water partition coefficient (Wildman–Crippen LogP) is 6.04. The molecule has 2 fully saturated rings. The smallest absolute Gasteiger partial charge is 0.408 e. The summed E-state index contributed by atoms with van der Waals surface area (Å²) >= 11 is 0. The van der Waals surface area contributed by atoms with Crippen molar-refractivity contribution in [1.29, 1.82) is 0 Å². The number of aromatic nitrogens is 1. The van der Waals surface area contributed by atoms with E-state index in [1.165, 1.54) is 11.0 Å². The molecule has 12 heteroatoms. The third-order valence-corrected chi connectivity index (χ3v) is 9.36. The maximum Gasteiger partial charge on any atom is 0.408 e. The number of benzene rings is 2. The van der Waals surface area contributed by atoms with Crippen molar-refractivity contribution in [1.82, 2.24) is 20.5 Å². The van der Waals surface area contributed by atoms with Crippen LogP contribution in [0.3, 0.4) is 0 Å². The average molecular weight is 713 g/mol. The summed E-state index contributed by atoms with van der Waals surface area (Å²) in [6.07, 6.45) is 4.49. The zero-order valence-corrected chi connectivity index (χ0v) is 30.2. The van der Waals surface area contributed by atoms with Gasteiger partial charge in [-0.1, -0.05) is 48.9 Å². The van der Waals surface area contributed by atoms with E-state index in [9.17, 15) is 24.3 Å². The van der Waals surface area contributed by atoms with Crippen molar-refractivity contribution in [2.45, 2.75) is 88.6 Å². The van der Waals surface area contributed by atoms with Crippen molar-refractivity contribution >= 4 is 34.8 Å². The summed E-state index contributed by atoms with van der Waals surface area (Å²) in [4.78, 5) is 60.0. The Bertz CT molecular complexity index is 1820. The van der Waals surface area contributed by atoms with E-state index in [4.69, 9.17) is 19.2 Å². The molecule has 3 amide bonds. The van der Waals surface area contributed by atoms with Crippen LogP contribution in [0.15, 0.2) is 79.9 Å². The molecule has 2 aromatic carbocycles. The Morgan fingerprint density at radius 2 is 1.85 bits per heavy atom. The fourth-order valence-corrected chi connectivity index (χ4v) is 6.58. The highest BCUT2D eigenvalue weighted by Crippen LogP contribution is 2.45. The lowest BCUT2D eigenvalue weighted by atomic mass is 10.1. The first kappa shape index (κ1) is 37.9. The van der Waals surface area contributed by atoms with Crippen molar-refractivity contribution in [2.24, 2.45) is 5.92 Å². The fraction of sp³-hybridized carbons (Fsp3) is 0.425. The van der Waals surface area contributed by atoms with Crippen LogP contribution < -0.4 is 20.1 Å². The first-order valence-corrected chi connectivity index (χ1v) is 17.6. The second-order valence-electron chi connectivity index (χ2n) is 14.3. The highest BCUT2D eigenvalue weighted by Gasteiger charge is 2.61. The summed E-state index contributed by atoms with van der Waals surface area (Å²) in [5, 5.41) is 16.2. The number of aliphatic carboxylic acids is 1. The number of carbonyl (C=O) groups excluding carboxylic acids is 3. The molecule has 52 heavy (non-hydrogen) atoms.